The van der Waals surface area contributed by atoms with E-state index in [1.165, 1.54) is 0 Å². The van der Waals surface area contributed by atoms with Gasteiger partial charge in [0.15, 0.2) is 12.0 Å². The fourth-order valence-electron chi connectivity index (χ4n) is 1.12. The molecular weight excluding hydrogens is 244 g/mol. The molecule has 19 heavy (non-hydrogen) atoms. The predicted octanol–water partition coefficient (Wildman–Crippen LogP) is 0.388. The van der Waals surface area contributed by atoms with Crippen LogP contribution in [0.15, 0.2) is 28.3 Å². The number of hydrogen-bond donors (Lipinski definition) is 2. The molecule has 2 N–H and O–H groups in total. The molecule has 0 amide bonds. The van der Waals surface area contributed by atoms with Crippen LogP contribution in [0.4, 0.5) is 5.82 Å². The Morgan fingerprint density at radius 2 is 1.89 bits per heavy atom. The van der Waals surface area contributed by atoms with Crippen LogP contribution >= 0.6 is 0 Å². The summed E-state index contributed by atoms with van der Waals surface area (Å²) in [5.41, 5.74) is 3.04. The van der Waals surface area contributed by atoms with Gasteiger partial charge < -0.3 is 14.9 Å². The summed E-state index contributed by atoms with van der Waals surface area (Å²) in [7, 11) is 7.43. The maximum Gasteiger partial charge on any atom is 0.183 e. The summed E-state index contributed by atoms with van der Waals surface area (Å²) in [5, 5.41) is 13.7. The van der Waals surface area contributed by atoms with Gasteiger partial charge in [0.25, 0.3) is 0 Å². The molecule has 0 aromatic carbocycles. The molecule has 104 valence electrons. The van der Waals surface area contributed by atoms with E-state index in [1.54, 1.807) is 35.8 Å². The normalized spacial score (nSPS) is 12.9. The highest BCUT2D eigenvalue weighted by molar-refractivity contribution is 5.58. The average molecular weight is 264 g/mol. The van der Waals surface area contributed by atoms with Crippen LogP contribution in [0.5, 0.6) is 0 Å². The number of hydrogen-bond acceptors (Lipinski definition) is 5. The van der Waals surface area contributed by atoms with Crippen molar-refractivity contribution in [3.05, 3.63) is 23.9 Å². The minimum absolute atomic E-state index is 0.462. The molecule has 0 radical (unpaired) electrons. The lowest BCUT2D eigenvalue weighted by atomic mass is 10.3. The van der Waals surface area contributed by atoms with E-state index in [0.717, 1.165) is 0 Å². The lowest BCUT2D eigenvalue weighted by Gasteiger charge is -2.11. The first kappa shape index (κ1) is 14.9. The Bertz CT molecular complexity index is 444. The molecule has 1 aromatic rings. The molecule has 1 aromatic heterocycles. The smallest absolute Gasteiger partial charge is 0.183 e. The molecule has 1 atom stereocenters. The maximum absolute atomic E-state index is 9.87. The maximum atomic E-state index is 9.87. The van der Waals surface area contributed by atoms with Crippen LogP contribution < -0.4 is 5.43 Å². The number of nitrogens with one attached hydrogen (secondary N) is 1. The van der Waals surface area contributed by atoms with Gasteiger partial charge in [-0.25, -0.2) is 9.98 Å². The molecule has 0 saturated carbocycles. The average Bonchev–Trinajstić information content (AvgIpc) is 2.36. The van der Waals surface area contributed by atoms with Gasteiger partial charge in [0.05, 0.1) is 12.0 Å². The van der Waals surface area contributed by atoms with Gasteiger partial charge in [0.1, 0.15) is 6.34 Å². The van der Waals surface area contributed by atoms with Gasteiger partial charge in [-0.15, -0.1) is 0 Å². The predicted molar refractivity (Wildman–Crippen MR) is 76.4 cm³/mol. The standard InChI is InChI=1S/C12H20N6O/c1-17(2)8-13-11-7-5-6-10(15-11)12(19)16-14-9-18(3)4/h5-9,12,16,19H,1-4H3/b13-8+,14-9+. The van der Waals surface area contributed by atoms with Crippen LogP contribution in [-0.4, -0.2) is 60.8 Å². The molecule has 0 saturated heterocycles. The van der Waals surface area contributed by atoms with Gasteiger partial charge in [-0.05, 0) is 12.1 Å². The number of rotatable bonds is 6. The van der Waals surface area contributed by atoms with Crippen molar-refractivity contribution >= 4 is 18.5 Å². The lowest BCUT2D eigenvalue weighted by molar-refractivity contribution is 0.136. The van der Waals surface area contributed by atoms with Gasteiger partial charge in [-0.2, -0.15) is 5.10 Å². The van der Waals surface area contributed by atoms with Crippen molar-refractivity contribution in [1.82, 2.24) is 20.2 Å². The molecule has 1 rings (SSSR count). The van der Waals surface area contributed by atoms with E-state index in [1.807, 2.05) is 33.1 Å². The Labute approximate surface area is 113 Å². The highest BCUT2D eigenvalue weighted by Gasteiger charge is 2.07. The second-order valence-corrected chi connectivity index (χ2v) is 4.37. The first-order valence-electron chi connectivity index (χ1n) is 5.80. The molecular formula is C12H20N6O. The highest BCUT2D eigenvalue weighted by atomic mass is 16.3. The largest absolute Gasteiger partial charge is 0.369 e. The minimum Gasteiger partial charge on any atom is -0.369 e. The van der Waals surface area contributed by atoms with Crippen LogP contribution in [0.3, 0.4) is 0 Å². The molecule has 7 nitrogen and oxygen atoms in total. The molecule has 0 aliphatic carbocycles. The van der Waals surface area contributed by atoms with Crippen LogP contribution in [0.1, 0.15) is 11.9 Å². The van der Waals surface area contributed by atoms with E-state index in [-0.39, 0.29) is 0 Å². The number of aliphatic imine (C=N–C) groups is 1. The van der Waals surface area contributed by atoms with Gasteiger partial charge >= 0.3 is 0 Å². The second kappa shape index (κ2) is 7.32. The van der Waals surface area contributed by atoms with Crippen molar-refractivity contribution in [3.63, 3.8) is 0 Å². The number of hydrazone groups is 1. The molecule has 7 heteroatoms. The SMILES string of the molecule is CN(C)/C=N/NC(O)c1cccc(/N=C/N(C)C)n1. The van der Waals surface area contributed by atoms with Crippen molar-refractivity contribution < 1.29 is 5.11 Å². The summed E-state index contributed by atoms with van der Waals surface area (Å²) in [4.78, 5) is 11.9. The van der Waals surface area contributed by atoms with Crippen LogP contribution in [-0.2, 0) is 0 Å². The number of aromatic nitrogens is 1. The summed E-state index contributed by atoms with van der Waals surface area (Å²) >= 11 is 0. The Morgan fingerprint density at radius 3 is 2.53 bits per heavy atom. The lowest BCUT2D eigenvalue weighted by Crippen LogP contribution is -2.19. The number of aliphatic hydroxyl groups excluding tert-OH is 1. The van der Waals surface area contributed by atoms with Crippen molar-refractivity contribution in [2.75, 3.05) is 28.2 Å². The van der Waals surface area contributed by atoms with Gasteiger partial charge in [-0.1, -0.05) is 6.07 Å². The van der Waals surface area contributed by atoms with Crippen molar-refractivity contribution in [1.29, 1.82) is 0 Å². The van der Waals surface area contributed by atoms with Crippen molar-refractivity contribution in [2.24, 2.45) is 10.1 Å². The van der Waals surface area contributed by atoms with E-state index in [4.69, 9.17) is 0 Å². The quantitative estimate of drug-likeness (QED) is 0.336. The topological polar surface area (TPSA) is 76.3 Å². The first-order chi connectivity index (χ1) is 8.99. The zero-order valence-electron chi connectivity index (χ0n) is 11.6. The fourth-order valence-corrected chi connectivity index (χ4v) is 1.12. The Kier molecular flexibility index (Phi) is 5.74. The molecule has 1 unspecified atom stereocenters. The molecule has 0 aliphatic heterocycles. The van der Waals surface area contributed by atoms with E-state index < -0.39 is 6.23 Å². The van der Waals surface area contributed by atoms with Crippen molar-refractivity contribution in [2.45, 2.75) is 6.23 Å². The molecule has 0 fully saturated rings. The van der Waals surface area contributed by atoms with Gasteiger partial charge in [0, 0.05) is 28.2 Å². The number of aliphatic hydroxyl groups is 1. The fraction of sp³-hybridized carbons (Fsp3) is 0.417. The minimum atomic E-state index is -0.967. The monoisotopic (exact) mass is 264 g/mol. The third-order valence-corrected chi connectivity index (χ3v) is 1.94. The highest BCUT2D eigenvalue weighted by Crippen LogP contribution is 2.12. The molecule has 0 spiro atoms. The van der Waals surface area contributed by atoms with Crippen LogP contribution in [0, 0.1) is 0 Å². The van der Waals surface area contributed by atoms with E-state index in [9.17, 15) is 5.11 Å². The molecule has 0 aliphatic rings. The third-order valence-electron chi connectivity index (χ3n) is 1.94. The third kappa shape index (κ3) is 5.82. The summed E-state index contributed by atoms with van der Waals surface area (Å²) in [6, 6.07) is 5.25. The summed E-state index contributed by atoms with van der Waals surface area (Å²) in [6.45, 7) is 0. The van der Waals surface area contributed by atoms with Gasteiger partial charge in [-0.3, -0.25) is 5.43 Å². The van der Waals surface area contributed by atoms with Crippen LogP contribution in [0.25, 0.3) is 0 Å². The Morgan fingerprint density at radius 1 is 1.21 bits per heavy atom. The summed E-state index contributed by atoms with van der Waals surface area (Å²) in [5.74, 6) is 0.531. The van der Waals surface area contributed by atoms with E-state index in [0.29, 0.717) is 11.5 Å². The number of nitrogens with zero attached hydrogens (tertiary/aromatic N) is 5. The van der Waals surface area contributed by atoms with E-state index >= 15 is 0 Å². The zero-order valence-corrected chi connectivity index (χ0v) is 11.6. The Hall–Kier alpha value is -2.15. The van der Waals surface area contributed by atoms with Gasteiger partial charge in [0.2, 0.25) is 0 Å². The summed E-state index contributed by atoms with van der Waals surface area (Å²) < 4.78 is 0. The van der Waals surface area contributed by atoms with Crippen molar-refractivity contribution in [3.8, 4) is 0 Å². The number of pyridine rings is 1. The molecule has 0 bridgehead atoms. The van der Waals surface area contributed by atoms with Crippen LogP contribution in [0.2, 0.25) is 0 Å². The molecule has 1 heterocycles. The van der Waals surface area contributed by atoms with E-state index in [2.05, 4.69) is 20.5 Å². The Balaban J connectivity index is 2.70. The second-order valence-electron chi connectivity index (χ2n) is 4.37. The summed E-state index contributed by atoms with van der Waals surface area (Å²) in [6.07, 6.45) is 2.23. The first-order valence-corrected chi connectivity index (χ1v) is 5.80. The zero-order chi connectivity index (χ0) is 14.3.